The van der Waals surface area contributed by atoms with Crippen LogP contribution in [0, 0.1) is 5.82 Å². The number of pyridine rings is 1. The maximum absolute atomic E-state index is 12.9. The number of allylic oxidation sites excluding steroid dienone is 1. The summed E-state index contributed by atoms with van der Waals surface area (Å²) in [6.45, 7) is 3.70. The Morgan fingerprint density at radius 3 is 2.30 bits per heavy atom. The Morgan fingerprint density at radius 1 is 0.963 bits per heavy atom. The lowest BCUT2D eigenvalue weighted by molar-refractivity contribution is 0.0734. The van der Waals surface area contributed by atoms with Crippen molar-refractivity contribution in [2.45, 2.75) is 19.3 Å². The highest BCUT2D eigenvalue weighted by molar-refractivity contribution is 5.91. The molecule has 0 aliphatic heterocycles. The maximum atomic E-state index is 12.9. The van der Waals surface area contributed by atoms with E-state index in [4.69, 9.17) is 4.74 Å². The van der Waals surface area contributed by atoms with Crippen LogP contribution in [0.15, 0.2) is 79.5 Å². The van der Waals surface area contributed by atoms with Crippen molar-refractivity contribution >= 4 is 5.97 Å². The van der Waals surface area contributed by atoms with E-state index in [-0.39, 0.29) is 5.82 Å². The molecule has 0 saturated heterocycles. The minimum absolute atomic E-state index is 0.238. The van der Waals surface area contributed by atoms with Crippen molar-refractivity contribution in [2.75, 3.05) is 0 Å². The molecule has 136 valence electrons. The Balaban J connectivity index is 1.55. The van der Waals surface area contributed by atoms with Crippen LogP contribution in [0.3, 0.4) is 0 Å². The Bertz CT molecular complexity index is 901. The summed E-state index contributed by atoms with van der Waals surface area (Å²) in [5.74, 6) is -0.250. The van der Waals surface area contributed by atoms with Gasteiger partial charge in [-0.05, 0) is 66.8 Å². The first kappa shape index (κ1) is 18.5. The van der Waals surface area contributed by atoms with Crippen LogP contribution in [0.4, 0.5) is 4.39 Å². The zero-order valence-corrected chi connectivity index (χ0v) is 14.9. The zero-order chi connectivity index (χ0) is 19.1. The van der Waals surface area contributed by atoms with E-state index in [0.717, 1.165) is 36.1 Å². The summed E-state index contributed by atoms with van der Waals surface area (Å²) in [4.78, 5) is 16.5. The number of aromatic nitrogens is 1. The smallest absolute Gasteiger partial charge is 0.343 e. The second-order valence-electron chi connectivity index (χ2n) is 6.19. The largest absolute Gasteiger partial charge is 0.421 e. The Kier molecular flexibility index (Phi) is 6.10. The molecule has 4 heteroatoms. The van der Waals surface area contributed by atoms with Gasteiger partial charge in [0.2, 0.25) is 0 Å². The van der Waals surface area contributed by atoms with E-state index in [1.165, 1.54) is 12.1 Å². The fourth-order valence-corrected chi connectivity index (χ4v) is 2.65. The van der Waals surface area contributed by atoms with Gasteiger partial charge in [-0.25, -0.2) is 9.18 Å². The molecule has 0 fully saturated rings. The van der Waals surface area contributed by atoms with Gasteiger partial charge in [0.25, 0.3) is 0 Å². The van der Waals surface area contributed by atoms with Crippen LogP contribution in [-0.4, -0.2) is 11.0 Å². The normalized spacial score (nSPS) is 10.4. The first-order valence-electron chi connectivity index (χ1n) is 8.75. The van der Waals surface area contributed by atoms with Gasteiger partial charge in [0.15, 0.2) is 0 Å². The topological polar surface area (TPSA) is 39.2 Å². The predicted molar refractivity (Wildman–Crippen MR) is 103 cm³/mol. The minimum atomic E-state index is -0.416. The van der Waals surface area contributed by atoms with Gasteiger partial charge in [0.05, 0.1) is 11.8 Å². The number of nitrogens with zero attached hydrogens (tertiary/aromatic N) is 1. The van der Waals surface area contributed by atoms with Crippen LogP contribution in [0.2, 0.25) is 0 Å². The summed E-state index contributed by atoms with van der Waals surface area (Å²) < 4.78 is 18.3. The molecule has 3 nitrogen and oxygen atoms in total. The van der Waals surface area contributed by atoms with Gasteiger partial charge in [-0.1, -0.05) is 30.3 Å². The second kappa shape index (κ2) is 8.90. The maximum Gasteiger partial charge on any atom is 0.343 e. The van der Waals surface area contributed by atoms with E-state index < -0.39 is 5.97 Å². The highest BCUT2D eigenvalue weighted by atomic mass is 19.1. The van der Waals surface area contributed by atoms with Gasteiger partial charge in [0, 0.05) is 5.69 Å². The van der Waals surface area contributed by atoms with Crippen LogP contribution in [0.1, 0.15) is 27.2 Å². The molecule has 2 aromatic carbocycles. The fraction of sp³-hybridized carbons (Fsp3) is 0.130. The monoisotopic (exact) mass is 361 g/mol. The Hall–Kier alpha value is -3.27. The molecule has 0 spiro atoms. The summed E-state index contributed by atoms with van der Waals surface area (Å²) in [5.41, 5.74) is 3.51. The van der Waals surface area contributed by atoms with E-state index >= 15 is 0 Å². The number of carbonyl (C=O) groups excluding carboxylic acids is 1. The molecule has 0 amide bonds. The molecule has 0 bridgehead atoms. The quantitative estimate of drug-likeness (QED) is 0.441. The third-order valence-corrected chi connectivity index (χ3v) is 4.16. The average Bonchev–Trinajstić information content (AvgIpc) is 2.69. The summed E-state index contributed by atoms with van der Waals surface area (Å²) in [7, 11) is 0. The highest BCUT2D eigenvalue weighted by Crippen LogP contribution is 2.14. The SMILES string of the molecule is C=CCc1ccc(C(=O)Oc2ccc(CCc3ccc(F)cc3)nc2)cc1. The molecule has 1 heterocycles. The minimum Gasteiger partial charge on any atom is -0.421 e. The number of hydrogen-bond donors (Lipinski definition) is 0. The fourth-order valence-electron chi connectivity index (χ4n) is 2.65. The van der Waals surface area contributed by atoms with Crippen molar-refractivity contribution in [1.29, 1.82) is 0 Å². The molecule has 0 unspecified atom stereocenters. The van der Waals surface area contributed by atoms with Crippen molar-refractivity contribution in [3.8, 4) is 5.75 Å². The van der Waals surface area contributed by atoms with Gasteiger partial charge in [-0.3, -0.25) is 4.98 Å². The number of aryl methyl sites for hydroxylation is 2. The summed E-state index contributed by atoms with van der Waals surface area (Å²) in [5, 5.41) is 0. The van der Waals surface area contributed by atoms with E-state index in [2.05, 4.69) is 11.6 Å². The third kappa shape index (κ3) is 5.35. The van der Waals surface area contributed by atoms with Gasteiger partial charge in [0.1, 0.15) is 11.6 Å². The number of carbonyl (C=O) groups is 1. The van der Waals surface area contributed by atoms with Gasteiger partial charge >= 0.3 is 5.97 Å². The van der Waals surface area contributed by atoms with E-state index in [1.807, 2.05) is 24.3 Å². The molecule has 0 N–H and O–H groups in total. The third-order valence-electron chi connectivity index (χ3n) is 4.16. The second-order valence-corrected chi connectivity index (χ2v) is 6.19. The molecule has 3 rings (SSSR count). The average molecular weight is 361 g/mol. The Labute approximate surface area is 158 Å². The summed E-state index contributed by atoms with van der Waals surface area (Å²) >= 11 is 0. The molecule has 27 heavy (non-hydrogen) atoms. The van der Waals surface area contributed by atoms with Gasteiger partial charge in [-0.2, -0.15) is 0 Å². The number of benzene rings is 2. The molecule has 0 aliphatic carbocycles. The number of esters is 1. The highest BCUT2D eigenvalue weighted by Gasteiger charge is 2.09. The van der Waals surface area contributed by atoms with Crippen LogP contribution in [0.25, 0.3) is 0 Å². The molecule has 0 aliphatic rings. The van der Waals surface area contributed by atoms with Crippen molar-refractivity contribution < 1.29 is 13.9 Å². The molecular formula is C23H20FNO2. The lowest BCUT2D eigenvalue weighted by atomic mass is 10.1. The van der Waals surface area contributed by atoms with Crippen LogP contribution >= 0.6 is 0 Å². The first-order valence-corrected chi connectivity index (χ1v) is 8.75. The molecular weight excluding hydrogens is 341 g/mol. The Morgan fingerprint density at radius 2 is 1.67 bits per heavy atom. The molecule has 0 radical (unpaired) electrons. The first-order chi connectivity index (χ1) is 13.1. The summed E-state index contributed by atoms with van der Waals surface area (Å²) in [6, 6.07) is 17.3. The summed E-state index contributed by atoms with van der Waals surface area (Å²) in [6.07, 6.45) is 5.62. The van der Waals surface area contributed by atoms with E-state index in [1.54, 1.807) is 36.5 Å². The van der Waals surface area contributed by atoms with E-state index in [0.29, 0.717) is 11.3 Å². The van der Waals surface area contributed by atoms with Crippen LogP contribution < -0.4 is 4.74 Å². The predicted octanol–water partition coefficient (Wildman–Crippen LogP) is 4.95. The standard InChI is InChI=1S/C23H20FNO2/c1-2-3-17-4-9-19(10-5-17)23(26)27-22-15-14-21(25-16-22)13-8-18-6-11-20(24)12-7-18/h2,4-7,9-12,14-16H,1,3,8,13H2. The number of hydrogen-bond acceptors (Lipinski definition) is 3. The lowest BCUT2D eigenvalue weighted by Gasteiger charge is -2.06. The molecule has 0 saturated carbocycles. The van der Waals surface area contributed by atoms with Crippen LogP contribution in [-0.2, 0) is 19.3 Å². The number of ether oxygens (including phenoxy) is 1. The van der Waals surface area contributed by atoms with Crippen molar-refractivity contribution in [1.82, 2.24) is 4.98 Å². The van der Waals surface area contributed by atoms with Crippen molar-refractivity contribution in [3.63, 3.8) is 0 Å². The lowest BCUT2D eigenvalue weighted by Crippen LogP contribution is -2.09. The molecule has 0 atom stereocenters. The van der Waals surface area contributed by atoms with Gasteiger partial charge < -0.3 is 4.74 Å². The van der Waals surface area contributed by atoms with Crippen LogP contribution in [0.5, 0.6) is 5.75 Å². The molecule has 3 aromatic rings. The zero-order valence-electron chi connectivity index (χ0n) is 14.9. The molecule has 1 aromatic heterocycles. The van der Waals surface area contributed by atoms with Crippen molar-refractivity contribution in [3.05, 3.63) is 108 Å². The van der Waals surface area contributed by atoms with Crippen molar-refractivity contribution in [2.24, 2.45) is 0 Å². The number of rotatable bonds is 7. The van der Waals surface area contributed by atoms with Gasteiger partial charge in [-0.15, -0.1) is 6.58 Å². The van der Waals surface area contributed by atoms with E-state index in [9.17, 15) is 9.18 Å². The number of halogens is 1.